The maximum absolute atomic E-state index is 12.8. The second-order valence-electron chi connectivity index (χ2n) is 6.44. The van der Waals surface area contributed by atoms with Gasteiger partial charge in [-0.05, 0) is 33.4 Å². The molecule has 0 atom stereocenters. The van der Waals surface area contributed by atoms with Crippen molar-refractivity contribution in [1.29, 1.82) is 0 Å². The number of likely N-dealkylation sites (N-methyl/N-ethyl adjacent to an activating group) is 1. The fourth-order valence-corrected chi connectivity index (χ4v) is 3.10. The number of hydrogen-bond donors (Lipinski definition) is 0. The molecule has 0 bridgehead atoms. The van der Waals surface area contributed by atoms with Crippen molar-refractivity contribution in [3.05, 3.63) is 23.5 Å². The van der Waals surface area contributed by atoms with E-state index in [1.54, 1.807) is 6.20 Å². The zero-order valence-corrected chi connectivity index (χ0v) is 14.4. The summed E-state index contributed by atoms with van der Waals surface area (Å²) in [7, 11) is 0. The number of amides is 1. The quantitative estimate of drug-likeness (QED) is 0.870. The number of aromatic nitrogens is 3. The summed E-state index contributed by atoms with van der Waals surface area (Å²) < 4.78 is 1.90. The van der Waals surface area contributed by atoms with E-state index in [1.165, 1.54) is 0 Å². The summed E-state index contributed by atoms with van der Waals surface area (Å²) in [5, 5.41) is 5.32. The van der Waals surface area contributed by atoms with E-state index in [1.807, 2.05) is 22.6 Å². The second kappa shape index (κ2) is 6.28. The fourth-order valence-electron chi connectivity index (χ4n) is 3.10. The average Bonchev–Trinajstić information content (AvgIpc) is 2.96. The molecule has 2 aromatic heterocycles. The lowest BCUT2D eigenvalue weighted by atomic mass is 10.1. The Hall–Kier alpha value is -1.95. The van der Waals surface area contributed by atoms with E-state index in [0.717, 1.165) is 49.5 Å². The number of nitrogens with zero attached hydrogens (tertiary/aromatic N) is 5. The van der Waals surface area contributed by atoms with E-state index in [4.69, 9.17) is 0 Å². The highest BCUT2D eigenvalue weighted by molar-refractivity contribution is 5.98. The van der Waals surface area contributed by atoms with E-state index < -0.39 is 0 Å². The number of carbonyl (C=O) groups excluding carboxylic acids is 1. The first kappa shape index (κ1) is 15.9. The number of rotatable bonds is 3. The normalized spacial score (nSPS) is 16.5. The first-order valence-electron chi connectivity index (χ1n) is 8.37. The summed E-state index contributed by atoms with van der Waals surface area (Å²) in [6.07, 6.45) is 1.80. The van der Waals surface area contributed by atoms with Gasteiger partial charge >= 0.3 is 0 Å². The van der Waals surface area contributed by atoms with E-state index in [2.05, 4.69) is 35.8 Å². The van der Waals surface area contributed by atoms with Crippen LogP contribution >= 0.6 is 0 Å². The minimum atomic E-state index is 0.0879. The number of fused-ring (bicyclic) bond motifs is 1. The largest absolute Gasteiger partial charge is 0.336 e. The SMILES string of the molecule is CCN1CCN(C(=O)c2cc3cnn(C(C)C)c3nc2C)CC1. The van der Waals surface area contributed by atoms with Gasteiger partial charge in [-0.15, -0.1) is 0 Å². The van der Waals surface area contributed by atoms with E-state index in [0.29, 0.717) is 5.56 Å². The molecule has 2 aromatic rings. The zero-order valence-electron chi connectivity index (χ0n) is 14.4. The van der Waals surface area contributed by atoms with Crippen LogP contribution in [0.3, 0.4) is 0 Å². The van der Waals surface area contributed by atoms with Gasteiger partial charge in [-0.3, -0.25) is 4.79 Å². The summed E-state index contributed by atoms with van der Waals surface area (Å²) >= 11 is 0. The molecular weight excluding hydrogens is 290 g/mol. The first-order chi connectivity index (χ1) is 11.0. The van der Waals surface area contributed by atoms with Gasteiger partial charge in [-0.2, -0.15) is 5.10 Å². The molecule has 0 spiro atoms. The molecule has 0 N–H and O–H groups in total. The van der Waals surface area contributed by atoms with Crippen molar-refractivity contribution in [2.75, 3.05) is 32.7 Å². The van der Waals surface area contributed by atoms with Crippen LogP contribution in [-0.2, 0) is 0 Å². The summed E-state index contributed by atoms with van der Waals surface area (Å²) in [5.74, 6) is 0.0879. The summed E-state index contributed by atoms with van der Waals surface area (Å²) in [4.78, 5) is 21.8. The predicted octanol–water partition coefficient (Wildman–Crippen LogP) is 2.10. The van der Waals surface area contributed by atoms with Crippen LogP contribution in [0.4, 0.5) is 0 Å². The van der Waals surface area contributed by atoms with Gasteiger partial charge in [0.15, 0.2) is 5.65 Å². The number of aryl methyl sites for hydroxylation is 1. The Bertz CT molecular complexity index is 713. The van der Waals surface area contributed by atoms with Gasteiger partial charge in [0.2, 0.25) is 0 Å². The third-order valence-electron chi connectivity index (χ3n) is 4.59. The maximum atomic E-state index is 12.8. The maximum Gasteiger partial charge on any atom is 0.255 e. The predicted molar refractivity (Wildman–Crippen MR) is 90.7 cm³/mol. The first-order valence-corrected chi connectivity index (χ1v) is 8.37. The Morgan fingerprint density at radius 1 is 1.26 bits per heavy atom. The molecule has 1 fully saturated rings. The summed E-state index contributed by atoms with van der Waals surface area (Å²) in [6, 6.07) is 2.20. The molecule has 1 aliphatic rings. The lowest BCUT2D eigenvalue weighted by Gasteiger charge is -2.34. The van der Waals surface area contributed by atoms with Gasteiger partial charge in [0, 0.05) is 37.6 Å². The van der Waals surface area contributed by atoms with Gasteiger partial charge in [0.05, 0.1) is 17.5 Å². The Kier molecular flexibility index (Phi) is 4.35. The van der Waals surface area contributed by atoms with Crippen LogP contribution in [0.25, 0.3) is 11.0 Å². The molecule has 0 saturated carbocycles. The molecule has 124 valence electrons. The van der Waals surface area contributed by atoms with Gasteiger partial charge in [0.25, 0.3) is 5.91 Å². The van der Waals surface area contributed by atoms with Crippen molar-refractivity contribution in [1.82, 2.24) is 24.6 Å². The fraction of sp³-hybridized carbons (Fsp3) is 0.588. The van der Waals surface area contributed by atoms with Crippen LogP contribution in [0, 0.1) is 6.92 Å². The molecular formula is C17H25N5O. The van der Waals surface area contributed by atoms with Crippen molar-refractivity contribution in [3.63, 3.8) is 0 Å². The number of carbonyl (C=O) groups is 1. The van der Waals surface area contributed by atoms with E-state index in [-0.39, 0.29) is 11.9 Å². The van der Waals surface area contributed by atoms with Crippen molar-refractivity contribution >= 4 is 16.9 Å². The molecule has 1 aliphatic heterocycles. The third kappa shape index (κ3) is 2.95. The molecule has 0 unspecified atom stereocenters. The van der Waals surface area contributed by atoms with Gasteiger partial charge < -0.3 is 9.80 Å². The Balaban J connectivity index is 1.88. The summed E-state index contributed by atoms with van der Waals surface area (Å²) in [6.45, 7) is 12.7. The molecule has 3 rings (SSSR count). The van der Waals surface area contributed by atoms with Gasteiger partial charge in [0.1, 0.15) is 0 Å². The molecule has 3 heterocycles. The smallest absolute Gasteiger partial charge is 0.255 e. The number of piperazine rings is 1. The molecule has 1 amide bonds. The lowest BCUT2D eigenvalue weighted by molar-refractivity contribution is 0.0642. The van der Waals surface area contributed by atoms with Crippen LogP contribution in [0.15, 0.2) is 12.3 Å². The Morgan fingerprint density at radius 3 is 2.57 bits per heavy atom. The topological polar surface area (TPSA) is 54.3 Å². The molecule has 0 aromatic carbocycles. The standard InChI is InChI=1S/C17H25N5O/c1-5-20-6-8-21(9-7-20)17(23)15-10-14-11-18-22(12(2)3)16(14)19-13(15)4/h10-12H,5-9H2,1-4H3. The lowest BCUT2D eigenvalue weighted by Crippen LogP contribution is -2.48. The average molecular weight is 315 g/mol. The van der Waals surface area contributed by atoms with Crippen molar-refractivity contribution in [2.24, 2.45) is 0 Å². The van der Waals surface area contributed by atoms with Crippen LogP contribution in [-0.4, -0.2) is 63.2 Å². The molecule has 6 heteroatoms. The zero-order chi connectivity index (χ0) is 16.6. The van der Waals surface area contributed by atoms with Crippen LogP contribution in [0.5, 0.6) is 0 Å². The second-order valence-corrected chi connectivity index (χ2v) is 6.44. The van der Waals surface area contributed by atoms with Gasteiger partial charge in [-0.1, -0.05) is 6.92 Å². The Morgan fingerprint density at radius 2 is 1.96 bits per heavy atom. The minimum Gasteiger partial charge on any atom is -0.336 e. The van der Waals surface area contributed by atoms with Crippen molar-refractivity contribution in [3.8, 4) is 0 Å². The van der Waals surface area contributed by atoms with E-state index >= 15 is 0 Å². The van der Waals surface area contributed by atoms with E-state index in [9.17, 15) is 4.79 Å². The van der Waals surface area contributed by atoms with Crippen molar-refractivity contribution in [2.45, 2.75) is 33.7 Å². The Labute approximate surface area is 137 Å². The molecule has 0 radical (unpaired) electrons. The monoisotopic (exact) mass is 315 g/mol. The molecule has 23 heavy (non-hydrogen) atoms. The highest BCUT2D eigenvalue weighted by Gasteiger charge is 2.24. The van der Waals surface area contributed by atoms with Gasteiger partial charge in [-0.25, -0.2) is 9.67 Å². The van der Waals surface area contributed by atoms with Crippen LogP contribution < -0.4 is 0 Å². The number of hydrogen-bond acceptors (Lipinski definition) is 4. The highest BCUT2D eigenvalue weighted by Crippen LogP contribution is 2.20. The number of pyridine rings is 1. The molecule has 1 saturated heterocycles. The molecule has 6 nitrogen and oxygen atoms in total. The third-order valence-corrected chi connectivity index (χ3v) is 4.59. The van der Waals surface area contributed by atoms with Crippen LogP contribution in [0.1, 0.15) is 42.9 Å². The highest BCUT2D eigenvalue weighted by atomic mass is 16.2. The summed E-state index contributed by atoms with van der Waals surface area (Å²) in [5.41, 5.74) is 2.33. The van der Waals surface area contributed by atoms with Crippen molar-refractivity contribution < 1.29 is 4.79 Å². The van der Waals surface area contributed by atoms with Crippen LogP contribution in [0.2, 0.25) is 0 Å². The molecule has 0 aliphatic carbocycles. The minimum absolute atomic E-state index is 0.0879.